The van der Waals surface area contributed by atoms with E-state index >= 15 is 0 Å². The van der Waals surface area contributed by atoms with Crippen molar-refractivity contribution in [1.29, 1.82) is 0 Å². The highest BCUT2D eigenvalue weighted by Crippen LogP contribution is 2.66. The predicted octanol–water partition coefficient (Wildman–Crippen LogP) is 8.09. The van der Waals surface area contributed by atoms with Crippen LogP contribution in [0.25, 0.3) is 0 Å². The quantitative estimate of drug-likeness (QED) is 0.399. The summed E-state index contributed by atoms with van der Waals surface area (Å²) in [5.74, 6) is 5.02. The minimum absolute atomic E-state index is 1.24. The third-order valence-electron chi connectivity index (χ3n) is 2.67. The van der Waals surface area contributed by atoms with E-state index in [1.54, 1.807) is 16.9 Å². The fourth-order valence-corrected chi connectivity index (χ4v) is 13.7. The summed E-state index contributed by atoms with van der Waals surface area (Å²) < 4.78 is 9.29. The fraction of sp³-hybridized carbons (Fsp3) is 0.571. The highest BCUT2D eigenvalue weighted by molar-refractivity contribution is 8.45. The van der Waals surface area contributed by atoms with Crippen molar-refractivity contribution in [3.05, 3.63) is 25.4 Å². The molecule has 0 bridgehead atoms. The maximum absolute atomic E-state index is 2.27. The van der Waals surface area contributed by atoms with Gasteiger partial charge in [0.25, 0.3) is 0 Å². The van der Waals surface area contributed by atoms with Crippen LogP contribution in [0.1, 0.15) is 26.7 Å². The van der Waals surface area contributed by atoms with Crippen LogP contribution in [0.2, 0.25) is 0 Å². The first-order valence-corrected chi connectivity index (χ1v) is 14.5. The van der Waals surface area contributed by atoms with E-state index in [1.807, 2.05) is 70.6 Å². The zero-order chi connectivity index (χ0) is 15.4. The lowest BCUT2D eigenvalue weighted by atomic mass is 10.6. The second-order valence-corrected chi connectivity index (χ2v) is 14.6. The summed E-state index contributed by atoms with van der Waals surface area (Å²) in [6, 6.07) is 0. The van der Waals surface area contributed by atoms with Crippen molar-refractivity contribution in [1.82, 2.24) is 0 Å². The summed E-state index contributed by atoms with van der Waals surface area (Å²) in [5, 5.41) is 0. The zero-order valence-electron chi connectivity index (χ0n) is 12.5. The van der Waals surface area contributed by atoms with Crippen LogP contribution in [0.5, 0.6) is 0 Å². The average molecular weight is 443 g/mol. The Bertz CT molecular complexity index is 477. The molecule has 3 aliphatic heterocycles. The summed E-state index contributed by atoms with van der Waals surface area (Å²) >= 11 is 16.3. The van der Waals surface area contributed by atoms with E-state index in [2.05, 4.69) is 37.4 Å². The summed E-state index contributed by atoms with van der Waals surface area (Å²) in [5.41, 5.74) is 0. The standard InChI is InChI=1S/C14H18S8/c1-3-5-15-9-10(16-6-4-2)20-13(19-9)14-21-11-12(22-14)18-8-7-17-11/h3-8H2,1-2H3. The lowest BCUT2D eigenvalue weighted by Gasteiger charge is -2.08. The van der Waals surface area contributed by atoms with Gasteiger partial charge in [-0.05, 0) is 24.3 Å². The van der Waals surface area contributed by atoms with Gasteiger partial charge in [-0.1, -0.05) is 60.9 Å². The molecule has 0 aromatic carbocycles. The Labute approximate surface area is 167 Å². The molecule has 0 aromatic rings. The monoisotopic (exact) mass is 442 g/mol. The van der Waals surface area contributed by atoms with Crippen molar-refractivity contribution in [3.63, 3.8) is 0 Å². The average Bonchev–Trinajstić information content (AvgIpc) is 3.14. The third-order valence-corrected chi connectivity index (χ3v) is 14.9. The van der Waals surface area contributed by atoms with Crippen LogP contribution in [0.4, 0.5) is 0 Å². The second kappa shape index (κ2) is 9.64. The molecule has 0 nitrogen and oxygen atoms in total. The molecule has 0 fully saturated rings. The smallest absolute Gasteiger partial charge is 0.0717 e. The first-order chi connectivity index (χ1) is 10.8. The summed E-state index contributed by atoms with van der Waals surface area (Å²) in [6.45, 7) is 4.54. The van der Waals surface area contributed by atoms with E-state index in [0.717, 1.165) is 0 Å². The second-order valence-electron chi connectivity index (χ2n) is 4.53. The molecule has 0 radical (unpaired) electrons. The van der Waals surface area contributed by atoms with Gasteiger partial charge in [0.2, 0.25) is 0 Å². The Morgan fingerprint density at radius 3 is 1.59 bits per heavy atom. The topological polar surface area (TPSA) is 0 Å². The largest absolute Gasteiger partial charge is 0.117 e. The molecule has 0 aliphatic carbocycles. The Hall–Kier alpha value is 2.02. The van der Waals surface area contributed by atoms with Gasteiger partial charge in [-0.25, -0.2) is 0 Å². The van der Waals surface area contributed by atoms with Crippen LogP contribution in [0, 0.1) is 0 Å². The Morgan fingerprint density at radius 1 is 0.682 bits per heavy atom. The predicted molar refractivity (Wildman–Crippen MR) is 122 cm³/mol. The number of rotatable bonds is 6. The molecule has 22 heavy (non-hydrogen) atoms. The highest BCUT2D eigenvalue weighted by Gasteiger charge is 2.31. The molecule has 3 aliphatic rings. The third kappa shape index (κ3) is 4.80. The van der Waals surface area contributed by atoms with Crippen molar-refractivity contribution in [2.75, 3.05) is 23.0 Å². The van der Waals surface area contributed by atoms with Crippen molar-refractivity contribution >= 4 is 94.1 Å². The van der Waals surface area contributed by atoms with E-state index in [-0.39, 0.29) is 0 Å². The first-order valence-electron chi connectivity index (χ1n) is 7.27. The van der Waals surface area contributed by atoms with Gasteiger partial charge < -0.3 is 0 Å². The molecule has 0 aromatic heterocycles. The zero-order valence-corrected chi connectivity index (χ0v) is 19.0. The van der Waals surface area contributed by atoms with Gasteiger partial charge in [-0.2, -0.15) is 0 Å². The van der Waals surface area contributed by atoms with E-state index in [0.29, 0.717) is 0 Å². The molecular formula is C14H18S8. The molecule has 0 saturated heterocycles. The van der Waals surface area contributed by atoms with Gasteiger partial charge in [0.15, 0.2) is 0 Å². The SMILES string of the molecule is CCCSC1=C(SCCC)SC(=C2SC3=C(SCCS3)S2)S1. The number of hydrogen-bond acceptors (Lipinski definition) is 8. The van der Waals surface area contributed by atoms with Crippen molar-refractivity contribution < 1.29 is 0 Å². The molecule has 8 heteroatoms. The van der Waals surface area contributed by atoms with Gasteiger partial charge in [0.05, 0.1) is 25.4 Å². The van der Waals surface area contributed by atoms with E-state index in [4.69, 9.17) is 0 Å². The van der Waals surface area contributed by atoms with Crippen LogP contribution in [0.15, 0.2) is 25.4 Å². The molecule has 0 saturated carbocycles. The van der Waals surface area contributed by atoms with Crippen LogP contribution >= 0.6 is 94.1 Å². The van der Waals surface area contributed by atoms with Crippen LogP contribution < -0.4 is 0 Å². The lowest BCUT2D eigenvalue weighted by molar-refractivity contribution is 1.11. The van der Waals surface area contributed by atoms with Crippen molar-refractivity contribution in [2.24, 2.45) is 0 Å². The van der Waals surface area contributed by atoms with Gasteiger partial charge in [-0.3, -0.25) is 0 Å². The molecule has 0 atom stereocenters. The minimum Gasteiger partial charge on any atom is -0.117 e. The summed E-state index contributed by atoms with van der Waals surface area (Å²) in [6.07, 6.45) is 2.51. The lowest BCUT2D eigenvalue weighted by Crippen LogP contribution is -1.88. The van der Waals surface area contributed by atoms with E-state index in [1.165, 1.54) is 44.3 Å². The molecule has 3 heterocycles. The highest BCUT2D eigenvalue weighted by atomic mass is 32.3. The van der Waals surface area contributed by atoms with E-state index < -0.39 is 0 Å². The van der Waals surface area contributed by atoms with Crippen LogP contribution in [-0.2, 0) is 0 Å². The normalized spacial score (nSPS) is 22.1. The molecule has 3 rings (SSSR count). The van der Waals surface area contributed by atoms with E-state index in [9.17, 15) is 0 Å². The fourth-order valence-electron chi connectivity index (χ4n) is 1.72. The minimum atomic E-state index is 1.24. The van der Waals surface area contributed by atoms with Gasteiger partial charge >= 0.3 is 0 Å². The van der Waals surface area contributed by atoms with Crippen LogP contribution in [0.3, 0.4) is 0 Å². The summed E-state index contributed by atoms with van der Waals surface area (Å²) in [7, 11) is 0. The molecule has 0 N–H and O–H groups in total. The number of hydrogen-bond donors (Lipinski definition) is 0. The molecule has 0 unspecified atom stereocenters. The Kier molecular flexibility index (Phi) is 8.24. The molecule has 0 amide bonds. The maximum Gasteiger partial charge on any atom is 0.0717 e. The van der Waals surface area contributed by atoms with Gasteiger partial charge in [0, 0.05) is 11.5 Å². The van der Waals surface area contributed by atoms with Crippen molar-refractivity contribution in [2.45, 2.75) is 26.7 Å². The molecule has 0 spiro atoms. The van der Waals surface area contributed by atoms with Crippen molar-refractivity contribution in [3.8, 4) is 0 Å². The van der Waals surface area contributed by atoms with Gasteiger partial charge in [-0.15, -0.1) is 47.0 Å². The summed E-state index contributed by atoms with van der Waals surface area (Å²) in [4.78, 5) is 0. The maximum atomic E-state index is 2.27. The molecular weight excluding hydrogens is 425 g/mol. The Morgan fingerprint density at radius 2 is 1.14 bits per heavy atom. The first kappa shape index (κ1) is 18.8. The van der Waals surface area contributed by atoms with Gasteiger partial charge in [0.1, 0.15) is 0 Å². The molecule has 122 valence electrons. The Balaban J connectivity index is 1.69. The number of thioether (sulfide) groups is 8. The van der Waals surface area contributed by atoms with Crippen LogP contribution in [-0.4, -0.2) is 23.0 Å².